The van der Waals surface area contributed by atoms with Gasteiger partial charge in [-0.15, -0.1) is 0 Å². The van der Waals surface area contributed by atoms with Crippen molar-refractivity contribution in [1.82, 2.24) is 42.1 Å². The van der Waals surface area contributed by atoms with Gasteiger partial charge in [0.1, 0.15) is 48.0 Å². The fourth-order valence-electron chi connectivity index (χ4n) is 7.02. The van der Waals surface area contributed by atoms with Gasteiger partial charge in [0.2, 0.25) is 47.3 Å². The van der Waals surface area contributed by atoms with Gasteiger partial charge in [-0.05, 0) is 48.9 Å². The smallest absolute Gasteiger partial charge is 0.327 e. The zero-order valence-electron chi connectivity index (χ0n) is 37.9. The van der Waals surface area contributed by atoms with E-state index in [1.807, 2.05) is 0 Å². The summed E-state index contributed by atoms with van der Waals surface area (Å²) < 4.78 is 0. The van der Waals surface area contributed by atoms with Crippen molar-refractivity contribution in [3.05, 3.63) is 65.7 Å². The molecule has 0 bridgehead atoms. The number of carbonyl (C=O) groups excluding carboxylic acids is 8. The number of aliphatic carboxylic acids is 1. The average Bonchev–Trinajstić information content (AvgIpc) is 3.82. The molecule has 374 valence electrons. The van der Waals surface area contributed by atoms with E-state index in [1.54, 1.807) is 44.2 Å². The number of hydrogen-bond acceptors (Lipinski definition) is 15. The number of rotatable bonds is 26. The highest BCUT2D eigenvalue weighted by Gasteiger charge is 2.41. The third-order valence-electron chi connectivity index (χ3n) is 11.2. The maximum atomic E-state index is 14.1. The minimum Gasteiger partial charge on any atom is -0.508 e. The number of nitrogens with zero attached hydrogens (tertiary/aromatic N) is 1. The van der Waals surface area contributed by atoms with Gasteiger partial charge in [-0.3, -0.25) is 38.4 Å². The molecule has 0 aromatic heterocycles. The number of amides is 8. The van der Waals surface area contributed by atoms with Crippen molar-refractivity contribution in [2.75, 3.05) is 31.2 Å². The molecule has 2 aromatic carbocycles. The fraction of sp³-hybridized carbons (Fsp3) is 0.523. The van der Waals surface area contributed by atoms with Gasteiger partial charge in [0, 0.05) is 30.9 Å². The van der Waals surface area contributed by atoms with Crippen molar-refractivity contribution in [2.24, 2.45) is 11.7 Å². The molecule has 3 rings (SSSR count). The van der Waals surface area contributed by atoms with Crippen LogP contribution in [0.1, 0.15) is 51.2 Å². The van der Waals surface area contributed by atoms with Crippen LogP contribution in [0.2, 0.25) is 0 Å². The number of likely N-dealkylation sites (tertiary alicyclic amines) is 1. The van der Waals surface area contributed by atoms with Gasteiger partial charge < -0.3 is 68.3 Å². The quantitative estimate of drug-likeness (QED) is 0.0415. The van der Waals surface area contributed by atoms with Crippen LogP contribution in [0.25, 0.3) is 0 Å². The Bertz CT molecular complexity index is 2070. The van der Waals surface area contributed by atoms with Crippen molar-refractivity contribution in [3.63, 3.8) is 0 Å². The molecular weight excluding hydrogens is 927 g/mol. The average molecular weight is 990 g/mol. The summed E-state index contributed by atoms with van der Waals surface area (Å²) in [6, 6.07) is 3.26. The Labute approximate surface area is 404 Å². The van der Waals surface area contributed by atoms with Gasteiger partial charge >= 0.3 is 5.97 Å². The minimum atomic E-state index is -1.68. The zero-order chi connectivity index (χ0) is 50.7. The predicted molar refractivity (Wildman–Crippen MR) is 253 cm³/mol. The van der Waals surface area contributed by atoms with E-state index < -0.39 is 127 Å². The largest absolute Gasteiger partial charge is 0.508 e. The Morgan fingerprint density at radius 1 is 0.721 bits per heavy atom. The standard InChI is InChI=1S/C44H63N9O13S2/c1-4-23(2)35(52-41(62)33-11-8-16-53(33)43(64)36(24(3)55)51-34(57)19-46-37(58)28(45)21-67)42(63)49-31(20-54)40(61)48-29(17-25-9-6-5-7-10-25)38(59)47-30(18-26-12-14-27(56)15-13-26)39(60)50-32(22-68)44(65)66/h5-7,9-10,12-15,23-24,28-33,35-36,54-56,67-68H,4,8,11,16-22,45H2,1-3H3,(H,46,58)(H,47,59)(H,48,61)(H,49,63)(H,50,60)(H,51,57)(H,52,62)(H,65,66)/t23-,24+,28-,29-,30-,31-,32-,33-,35-,36-/m0/s1. The van der Waals surface area contributed by atoms with Crippen LogP contribution in [0.3, 0.4) is 0 Å². The van der Waals surface area contributed by atoms with Crippen LogP contribution in [0.15, 0.2) is 54.6 Å². The first kappa shape index (κ1) is 56.4. The molecule has 0 unspecified atom stereocenters. The van der Waals surface area contributed by atoms with Crippen LogP contribution in [0.4, 0.5) is 0 Å². The Balaban J connectivity index is 1.81. The van der Waals surface area contributed by atoms with Gasteiger partial charge in [-0.2, -0.15) is 25.3 Å². The SMILES string of the molecule is CC[C@H](C)[C@H](NC(=O)[C@@H]1CCCN1C(=O)[C@@H](NC(=O)CNC(=O)[C@@H](N)CS)[C@@H](C)O)C(=O)N[C@@H](CO)C(=O)N[C@@H](Cc1ccccc1)C(=O)N[C@@H](Cc1ccc(O)cc1)C(=O)N[C@@H](CS)C(=O)O. The first-order chi connectivity index (χ1) is 32.2. The lowest BCUT2D eigenvalue weighted by Crippen LogP contribution is -2.62. The lowest BCUT2D eigenvalue weighted by Gasteiger charge is -2.32. The third kappa shape index (κ3) is 17.0. The summed E-state index contributed by atoms with van der Waals surface area (Å²) in [5, 5.41) is 57.5. The van der Waals surface area contributed by atoms with E-state index in [1.165, 1.54) is 36.1 Å². The van der Waals surface area contributed by atoms with E-state index in [2.05, 4.69) is 62.5 Å². The summed E-state index contributed by atoms with van der Waals surface area (Å²) in [5.74, 6) is -8.97. The zero-order valence-corrected chi connectivity index (χ0v) is 39.7. The molecular formula is C44H63N9O13S2. The number of thiol groups is 2. The second-order valence-corrected chi connectivity index (χ2v) is 17.1. The highest BCUT2D eigenvalue weighted by molar-refractivity contribution is 7.80. The highest BCUT2D eigenvalue weighted by Crippen LogP contribution is 2.21. The van der Waals surface area contributed by atoms with E-state index in [4.69, 9.17) is 5.73 Å². The molecule has 0 radical (unpaired) electrons. The molecule has 1 fully saturated rings. The summed E-state index contributed by atoms with van der Waals surface area (Å²) in [7, 11) is 0. The van der Waals surface area contributed by atoms with E-state index in [0.29, 0.717) is 24.0 Å². The molecule has 0 aliphatic carbocycles. The van der Waals surface area contributed by atoms with Crippen molar-refractivity contribution in [2.45, 2.75) is 107 Å². The predicted octanol–water partition coefficient (Wildman–Crippen LogP) is -3.12. The van der Waals surface area contributed by atoms with Crippen molar-refractivity contribution in [1.29, 1.82) is 0 Å². The number of aliphatic hydroxyl groups is 2. The summed E-state index contributed by atoms with van der Waals surface area (Å²) >= 11 is 7.93. The van der Waals surface area contributed by atoms with E-state index in [9.17, 15) is 63.6 Å². The summed E-state index contributed by atoms with van der Waals surface area (Å²) in [6.45, 7) is 3.19. The number of benzene rings is 2. The van der Waals surface area contributed by atoms with Crippen LogP contribution < -0.4 is 43.0 Å². The Morgan fingerprint density at radius 3 is 1.78 bits per heavy atom. The number of nitrogens with two attached hydrogens (primary N) is 1. The lowest BCUT2D eigenvalue weighted by atomic mass is 9.97. The molecule has 68 heavy (non-hydrogen) atoms. The van der Waals surface area contributed by atoms with Gasteiger partial charge in [-0.25, -0.2) is 4.79 Å². The lowest BCUT2D eigenvalue weighted by molar-refractivity contribution is -0.144. The molecule has 10 atom stereocenters. The third-order valence-corrected chi connectivity index (χ3v) is 11.9. The molecule has 1 saturated heterocycles. The first-order valence-corrected chi connectivity index (χ1v) is 23.2. The topological polar surface area (TPSA) is 348 Å². The van der Waals surface area contributed by atoms with E-state index in [0.717, 1.165) is 0 Å². The van der Waals surface area contributed by atoms with Crippen LogP contribution in [-0.2, 0) is 56.0 Å². The van der Waals surface area contributed by atoms with E-state index in [-0.39, 0.29) is 43.1 Å². The Kier molecular flexibility index (Phi) is 23.0. The number of phenolic OH excluding ortho intramolecular Hbond substituents is 1. The number of hydrogen-bond donors (Lipinski definition) is 14. The summed E-state index contributed by atoms with van der Waals surface area (Å²) in [6.07, 6.45) is -0.884. The molecule has 0 saturated carbocycles. The molecule has 2 aromatic rings. The molecule has 24 heteroatoms. The first-order valence-electron chi connectivity index (χ1n) is 21.9. The molecule has 13 N–H and O–H groups in total. The second kappa shape index (κ2) is 27.8. The molecule has 1 aliphatic heterocycles. The number of carbonyl (C=O) groups is 9. The molecule has 1 heterocycles. The number of carboxylic acid groups (broad SMARTS) is 1. The molecule has 1 aliphatic rings. The Hall–Kier alpha value is -5.95. The maximum absolute atomic E-state index is 14.1. The second-order valence-electron chi connectivity index (χ2n) is 16.4. The number of carboxylic acids is 1. The molecule has 8 amide bonds. The molecule has 0 spiro atoms. The number of phenols is 1. The van der Waals surface area contributed by atoms with Crippen LogP contribution in [-0.4, -0.2) is 164 Å². The fourth-order valence-corrected chi connectivity index (χ4v) is 7.44. The number of aliphatic hydroxyl groups excluding tert-OH is 2. The van der Waals surface area contributed by atoms with Gasteiger partial charge in [0.15, 0.2) is 0 Å². The maximum Gasteiger partial charge on any atom is 0.327 e. The number of aromatic hydroxyl groups is 1. The van der Waals surface area contributed by atoms with Crippen LogP contribution in [0, 0.1) is 5.92 Å². The minimum absolute atomic E-state index is 0.0149. The summed E-state index contributed by atoms with van der Waals surface area (Å²) in [4.78, 5) is 121. The van der Waals surface area contributed by atoms with Gasteiger partial charge in [-0.1, -0.05) is 62.7 Å². The van der Waals surface area contributed by atoms with Crippen molar-refractivity contribution in [3.8, 4) is 5.75 Å². The highest BCUT2D eigenvalue weighted by atomic mass is 32.1. The summed E-state index contributed by atoms with van der Waals surface area (Å²) in [5.41, 5.74) is 6.65. The van der Waals surface area contributed by atoms with Crippen molar-refractivity contribution >= 4 is 78.5 Å². The van der Waals surface area contributed by atoms with Crippen LogP contribution >= 0.6 is 25.3 Å². The van der Waals surface area contributed by atoms with Gasteiger partial charge in [0.05, 0.1) is 25.3 Å². The Morgan fingerprint density at radius 2 is 1.26 bits per heavy atom. The van der Waals surface area contributed by atoms with Gasteiger partial charge in [0.25, 0.3) is 0 Å². The van der Waals surface area contributed by atoms with E-state index >= 15 is 0 Å². The normalized spacial score (nSPS) is 17.3. The number of nitrogens with one attached hydrogen (secondary N) is 7. The van der Waals surface area contributed by atoms with Crippen LogP contribution in [0.5, 0.6) is 5.75 Å². The monoisotopic (exact) mass is 989 g/mol. The molecule has 22 nitrogen and oxygen atoms in total. The van der Waals surface area contributed by atoms with Crippen molar-refractivity contribution < 1.29 is 63.6 Å².